The molecule has 21 heavy (non-hydrogen) atoms. The van der Waals surface area contributed by atoms with Crippen LogP contribution in [-0.2, 0) is 12.8 Å². The fraction of sp³-hybridized carbons (Fsp3) is 0.176. The van der Waals surface area contributed by atoms with Crippen LogP contribution in [0, 0.1) is 6.92 Å². The van der Waals surface area contributed by atoms with E-state index in [2.05, 4.69) is 29.2 Å². The SMILES string of the molecule is Cc1ccccc1Cc1noc(Cc2ccccc2N)n1. The van der Waals surface area contributed by atoms with Gasteiger partial charge in [-0.15, -0.1) is 0 Å². The maximum atomic E-state index is 5.93. The largest absolute Gasteiger partial charge is 0.398 e. The van der Waals surface area contributed by atoms with Crippen LogP contribution in [0.1, 0.15) is 28.4 Å². The molecule has 0 unspecified atom stereocenters. The molecule has 3 aromatic rings. The Balaban J connectivity index is 1.75. The van der Waals surface area contributed by atoms with Crippen molar-refractivity contribution < 1.29 is 4.52 Å². The summed E-state index contributed by atoms with van der Waals surface area (Å²) in [4.78, 5) is 4.45. The lowest BCUT2D eigenvalue weighted by molar-refractivity contribution is 0.380. The molecule has 2 N–H and O–H groups in total. The number of benzene rings is 2. The zero-order valence-electron chi connectivity index (χ0n) is 11.9. The van der Waals surface area contributed by atoms with Crippen molar-refractivity contribution in [2.45, 2.75) is 19.8 Å². The van der Waals surface area contributed by atoms with Crippen LogP contribution in [-0.4, -0.2) is 10.1 Å². The molecular formula is C17H17N3O. The molecule has 4 heteroatoms. The summed E-state index contributed by atoms with van der Waals surface area (Å²) in [6.45, 7) is 2.08. The minimum absolute atomic E-state index is 0.563. The van der Waals surface area contributed by atoms with Crippen LogP contribution in [0.25, 0.3) is 0 Å². The molecule has 3 rings (SSSR count). The summed E-state index contributed by atoms with van der Waals surface area (Å²) in [6, 6.07) is 15.9. The van der Waals surface area contributed by atoms with Gasteiger partial charge in [0.05, 0.1) is 6.42 Å². The summed E-state index contributed by atoms with van der Waals surface area (Å²) in [7, 11) is 0. The average Bonchev–Trinajstić information content (AvgIpc) is 2.91. The summed E-state index contributed by atoms with van der Waals surface area (Å²) in [5, 5.41) is 4.05. The fourth-order valence-corrected chi connectivity index (χ4v) is 2.27. The number of nitrogens with zero attached hydrogens (tertiary/aromatic N) is 2. The lowest BCUT2D eigenvalue weighted by Gasteiger charge is -2.01. The summed E-state index contributed by atoms with van der Waals surface area (Å²) in [5.74, 6) is 1.30. The van der Waals surface area contributed by atoms with Gasteiger partial charge in [0.2, 0.25) is 5.89 Å². The second-order valence-corrected chi connectivity index (χ2v) is 5.08. The minimum atomic E-state index is 0.563. The van der Waals surface area contributed by atoms with Crippen molar-refractivity contribution in [1.29, 1.82) is 0 Å². The lowest BCUT2D eigenvalue weighted by atomic mass is 10.1. The molecule has 0 aliphatic heterocycles. The van der Waals surface area contributed by atoms with Gasteiger partial charge in [-0.05, 0) is 29.7 Å². The van der Waals surface area contributed by atoms with E-state index in [1.54, 1.807) is 0 Å². The first-order valence-electron chi connectivity index (χ1n) is 6.92. The summed E-state index contributed by atoms with van der Waals surface area (Å²) >= 11 is 0. The van der Waals surface area contributed by atoms with Gasteiger partial charge < -0.3 is 10.3 Å². The highest BCUT2D eigenvalue weighted by Crippen LogP contribution is 2.16. The van der Waals surface area contributed by atoms with Crippen molar-refractivity contribution in [3.8, 4) is 0 Å². The second-order valence-electron chi connectivity index (χ2n) is 5.08. The van der Waals surface area contributed by atoms with E-state index in [1.807, 2.05) is 36.4 Å². The van der Waals surface area contributed by atoms with Crippen molar-refractivity contribution in [2.24, 2.45) is 0 Å². The number of para-hydroxylation sites is 1. The number of anilines is 1. The normalized spacial score (nSPS) is 10.7. The number of hydrogen-bond acceptors (Lipinski definition) is 4. The molecule has 0 saturated heterocycles. The molecule has 106 valence electrons. The molecule has 2 aromatic carbocycles. The molecule has 0 fully saturated rings. The Morgan fingerprint density at radius 1 is 0.952 bits per heavy atom. The molecule has 0 aliphatic carbocycles. The van der Waals surface area contributed by atoms with Crippen molar-refractivity contribution in [2.75, 3.05) is 5.73 Å². The third-order valence-corrected chi connectivity index (χ3v) is 3.52. The van der Waals surface area contributed by atoms with Crippen LogP contribution in [0.2, 0.25) is 0 Å². The molecule has 0 aliphatic rings. The van der Waals surface area contributed by atoms with Gasteiger partial charge in [-0.2, -0.15) is 4.98 Å². The molecule has 0 spiro atoms. The van der Waals surface area contributed by atoms with E-state index >= 15 is 0 Å². The van der Waals surface area contributed by atoms with Crippen LogP contribution < -0.4 is 5.73 Å². The molecule has 0 radical (unpaired) electrons. The molecule has 0 atom stereocenters. The molecular weight excluding hydrogens is 262 g/mol. The Kier molecular flexibility index (Phi) is 3.69. The molecule has 1 aromatic heterocycles. The van der Waals surface area contributed by atoms with Gasteiger partial charge in [0.15, 0.2) is 5.82 Å². The summed E-state index contributed by atoms with van der Waals surface area (Å²) < 4.78 is 5.32. The number of nitrogen functional groups attached to an aromatic ring is 1. The molecule has 4 nitrogen and oxygen atoms in total. The second kappa shape index (κ2) is 5.79. The highest BCUT2D eigenvalue weighted by Gasteiger charge is 2.10. The number of nitrogens with two attached hydrogens (primary N) is 1. The Morgan fingerprint density at radius 2 is 1.67 bits per heavy atom. The topological polar surface area (TPSA) is 64.9 Å². The van der Waals surface area contributed by atoms with Crippen LogP contribution in [0.15, 0.2) is 53.1 Å². The maximum absolute atomic E-state index is 5.93. The van der Waals surface area contributed by atoms with E-state index in [9.17, 15) is 0 Å². The summed E-state index contributed by atoms with van der Waals surface area (Å²) in [5.41, 5.74) is 10.1. The van der Waals surface area contributed by atoms with Crippen molar-refractivity contribution >= 4 is 5.69 Å². The number of aryl methyl sites for hydroxylation is 1. The molecule has 0 amide bonds. The predicted octanol–water partition coefficient (Wildman–Crippen LogP) is 3.14. The Bertz CT molecular complexity index is 687. The van der Waals surface area contributed by atoms with Crippen LogP contribution in [0.5, 0.6) is 0 Å². The van der Waals surface area contributed by atoms with Gasteiger partial charge in [-0.25, -0.2) is 0 Å². The van der Waals surface area contributed by atoms with Gasteiger partial charge in [0, 0.05) is 12.1 Å². The van der Waals surface area contributed by atoms with E-state index in [4.69, 9.17) is 10.3 Å². The van der Waals surface area contributed by atoms with E-state index < -0.39 is 0 Å². The van der Waals surface area contributed by atoms with Gasteiger partial charge in [-0.3, -0.25) is 0 Å². The first-order valence-corrected chi connectivity index (χ1v) is 6.92. The third kappa shape index (κ3) is 3.11. The molecule has 0 bridgehead atoms. The first kappa shape index (κ1) is 13.4. The zero-order valence-corrected chi connectivity index (χ0v) is 11.9. The van der Waals surface area contributed by atoms with Crippen molar-refractivity contribution in [3.05, 3.63) is 76.9 Å². The third-order valence-electron chi connectivity index (χ3n) is 3.52. The van der Waals surface area contributed by atoms with E-state index in [1.165, 1.54) is 11.1 Å². The monoisotopic (exact) mass is 279 g/mol. The van der Waals surface area contributed by atoms with Gasteiger partial charge in [0.1, 0.15) is 0 Å². The number of rotatable bonds is 4. The molecule has 0 saturated carbocycles. The highest BCUT2D eigenvalue weighted by molar-refractivity contribution is 5.47. The van der Waals surface area contributed by atoms with Crippen LogP contribution >= 0.6 is 0 Å². The van der Waals surface area contributed by atoms with E-state index in [0.29, 0.717) is 24.6 Å². The standard InChI is InChI=1S/C17H17N3O/c1-12-6-2-3-7-13(12)10-16-19-17(21-20-16)11-14-8-4-5-9-15(14)18/h2-9H,10-11,18H2,1H3. The van der Waals surface area contributed by atoms with Crippen LogP contribution in [0.4, 0.5) is 5.69 Å². The Labute approximate surface area is 123 Å². The highest BCUT2D eigenvalue weighted by atomic mass is 16.5. The number of aromatic nitrogens is 2. The lowest BCUT2D eigenvalue weighted by Crippen LogP contribution is -1.96. The number of hydrogen-bond donors (Lipinski definition) is 1. The molecule has 1 heterocycles. The minimum Gasteiger partial charge on any atom is -0.398 e. The Hall–Kier alpha value is -2.62. The van der Waals surface area contributed by atoms with Crippen molar-refractivity contribution in [3.63, 3.8) is 0 Å². The van der Waals surface area contributed by atoms with Gasteiger partial charge in [-0.1, -0.05) is 47.6 Å². The van der Waals surface area contributed by atoms with Gasteiger partial charge >= 0.3 is 0 Å². The maximum Gasteiger partial charge on any atom is 0.231 e. The van der Waals surface area contributed by atoms with Crippen molar-refractivity contribution in [1.82, 2.24) is 10.1 Å². The van der Waals surface area contributed by atoms with Crippen LogP contribution in [0.3, 0.4) is 0 Å². The fourth-order valence-electron chi connectivity index (χ4n) is 2.27. The van der Waals surface area contributed by atoms with Gasteiger partial charge in [0.25, 0.3) is 0 Å². The Morgan fingerprint density at radius 3 is 2.43 bits per heavy atom. The van der Waals surface area contributed by atoms with E-state index in [-0.39, 0.29) is 0 Å². The zero-order chi connectivity index (χ0) is 14.7. The first-order chi connectivity index (χ1) is 10.2. The smallest absolute Gasteiger partial charge is 0.231 e. The average molecular weight is 279 g/mol. The quantitative estimate of drug-likeness (QED) is 0.745. The summed E-state index contributed by atoms with van der Waals surface area (Å²) in [6.07, 6.45) is 1.24. The predicted molar refractivity (Wildman–Crippen MR) is 81.9 cm³/mol. The van der Waals surface area contributed by atoms with E-state index in [0.717, 1.165) is 11.3 Å².